The second-order valence-electron chi connectivity index (χ2n) is 7.32. The molecular weight excluding hydrogens is 304 g/mol. The zero-order valence-electron chi connectivity index (χ0n) is 15.4. The largest absolute Gasteiger partial charge is 0.481 e. The van der Waals surface area contributed by atoms with E-state index >= 15 is 0 Å². The van der Waals surface area contributed by atoms with E-state index < -0.39 is 0 Å². The van der Waals surface area contributed by atoms with Crippen molar-refractivity contribution in [1.29, 1.82) is 0 Å². The first-order valence-electron chi connectivity index (χ1n) is 9.10. The molecule has 0 spiro atoms. The van der Waals surface area contributed by atoms with Crippen molar-refractivity contribution >= 4 is 5.91 Å². The Kier molecular flexibility index (Phi) is 5.13. The van der Waals surface area contributed by atoms with E-state index in [9.17, 15) is 4.79 Å². The number of hydrogen-bond acceptors (Lipinski definition) is 4. The van der Waals surface area contributed by atoms with Crippen LogP contribution in [-0.4, -0.2) is 58.8 Å². The third kappa shape index (κ3) is 3.29. The second-order valence-corrected chi connectivity index (χ2v) is 7.32. The lowest BCUT2D eigenvalue weighted by atomic mass is 9.99. The summed E-state index contributed by atoms with van der Waals surface area (Å²) in [5.41, 5.74) is 2.16. The first-order chi connectivity index (χ1) is 11.5. The predicted molar refractivity (Wildman–Crippen MR) is 93.0 cm³/mol. The highest BCUT2D eigenvalue weighted by atomic mass is 16.5. The van der Waals surface area contributed by atoms with Crippen LogP contribution in [0, 0.1) is 12.8 Å². The normalized spacial score (nSPS) is 23.0. The number of aryl methyl sites for hydroxylation is 2. The molecule has 1 aromatic rings. The van der Waals surface area contributed by atoms with Gasteiger partial charge in [-0.05, 0) is 45.1 Å². The zero-order valence-corrected chi connectivity index (χ0v) is 15.4. The Bertz CT molecular complexity index is 590. The number of aromatic nitrogens is 2. The number of carbonyl (C=O) groups excluding carboxylic acids is 1. The lowest BCUT2D eigenvalue weighted by Gasteiger charge is -2.33. The summed E-state index contributed by atoms with van der Waals surface area (Å²) in [6.45, 7) is 7.61. The van der Waals surface area contributed by atoms with Crippen molar-refractivity contribution in [3.05, 3.63) is 11.3 Å². The molecule has 0 radical (unpaired) electrons. The summed E-state index contributed by atoms with van der Waals surface area (Å²) in [6, 6.07) is 0.237. The zero-order chi connectivity index (χ0) is 17.3. The van der Waals surface area contributed by atoms with E-state index in [1.165, 1.54) is 0 Å². The summed E-state index contributed by atoms with van der Waals surface area (Å²) >= 11 is 0. The number of nitrogens with zero attached hydrogens (tertiary/aromatic N) is 4. The maximum atomic E-state index is 12.7. The Morgan fingerprint density at radius 2 is 1.96 bits per heavy atom. The molecule has 2 aliphatic heterocycles. The number of hydrogen-bond donors (Lipinski definition) is 0. The highest BCUT2D eigenvalue weighted by Crippen LogP contribution is 2.38. The van der Waals surface area contributed by atoms with Gasteiger partial charge in [-0.25, -0.2) is 4.68 Å². The molecule has 0 saturated carbocycles. The third-order valence-corrected chi connectivity index (χ3v) is 5.58. The van der Waals surface area contributed by atoms with E-state index in [1.807, 2.05) is 18.9 Å². The molecule has 6 heteroatoms. The standard InChI is InChI=1S/C18H30N4O2/c1-13-7-10-21(11-8-13)16(23)12-22-9-5-6-15(22)17-14(2)19-20(3)18(17)24-4/h13,15H,5-12H2,1-4H3/t15-/m1/s1. The van der Waals surface area contributed by atoms with Crippen LogP contribution in [0.15, 0.2) is 0 Å². The summed E-state index contributed by atoms with van der Waals surface area (Å²) in [6.07, 6.45) is 4.44. The van der Waals surface area contributed by atoms with Gasteiger partial charge in [0, 0.05) is 26.2 Å². The van der Waals surface area contributed by atoms with E-state index in [1.54, 1.807) is 11.8 Å². The monoisotopic (exact) mass is 334 g/mol. The molecule has 0 bridgehead atoms. The average Bonchev–Trinajstić information content (AvgIpc) is 3.10. The Labute approximate surface area is 144 Å². The molecule has 0 N–H and O–H groups in total. The maximum absolute atomic E-state index is 12.7. The van der Waals surface area contributed by atoms with Gasteiger partial charge in [-0.2, -0.15) is 5.10 Å². The predicted octanol–water partition coefficient (Wildman–Crippen LogP) is 2.13. The minimum Gasteiger partial charge on any atom is -0.481 e. The van der Waals surface area contributed by atoms with Crippen LogP contribution in [0.5, 0.6) is 5.88 Å². The molecule has 0 unspecified atom stereocenters. The number of piperidine rings is 1. The molecule has 0 aromatic carbocycles. The topological polar surface area (TPSA) is 50.6 Å². The van der Waals surface area contributed by atoms with Crippen molar-refractivity contribution in [3.8, 4) is 5.88 Å². The molecule has 1 aromatic heterocycles. The number of likely N-dealkylation sites (tertiary alicyclic amines) is 2. The van der Waals surface area contributed by atoms with E-state index in [2.05, 4.69) is 16.9 Å². The molecule has 1 atom stereocenters. The van der Waals surface area contributed by atoms with Crippen LogP contribution < -0.4 is 4.74 Å². The van der Waals surface area contributed by atoms with Gasteiger partial charge in [-0.15, -0.1) is 0 Å². The minimum atomic E-state index is 0.237. The van der Waals surface area contributed by atoms with Gasteiger partial charge in [0.25, 0.3) is 0 Å². The maximum Gasteiger partial charge on any atom is 0.236 e. The molecule has 134 valence electrons. The highest BCUT2D eigenvalue weighted by Gasteiger charge is 2.34. The highest BCUT2D eigenvalue weighted by molar-refractivity contribution is 5.78. The van der Waals surface area contributed by atoms with Crippen LogP contribution >= 0.6 is 0 Å². The number of rotatable bonds is 4. The number of methoxy groups -OCH3 is 1. The Morgan fingerprint density at radius 1 is 1.25 bits per heavy atom. The molecule has 3 rings (SSSR count). The first-order valence-corrected chi connectivity index (χ1v) is 9.10. The molecule has 6 nitrogen and oxygen atoms in total. The van der Waals surface area contributed by atoms with Gasteiger partial charge in [0.2, 0.25) is 11.8 Å². The summed E-state index contributed by atoms with van der Waals surface area (Å²) in [7, 11) is 3.61. The van der Waals surface area contributed by atoms with Gasteiger partial charge in [0.05, 0.1) is 24.9 Å². The SMILES string of the molecule is COc1c([C@H]2CCCN2CC(=O)N2CCC(C)CC2)c(C)nn1C. The molecule has 2 aliphatic rings. The van der Waals surface area contributed by atoms with E-state index in [0.29, 0.717) is 6.54 Å². The van der Waals surface area contributed by atoms with Crippen LogP contribution in [0.2, 0.25) is 0 Å². The van der Waals surface area contributed by atoms with Gasteiger partial charge in [-0.3, -0.25) is 9.69 Å². The Morgan fingerprint density at radius 3 is 2.62 bits per heavy atom. The molecular formula is C18H30N4O2. The van der Waals surface area contributed by atoms with Crippen LogP contribution in [0.25, 0.3) is 0 Å². The van der Waals surface area contributed by atoms with E-state index in [-0.39, 0.29) is 11.9 Å². The van der Waals surface area contributed by atoms with Crippen molar-refractivity contribution < 1.29 is 9.53 Å². The Hall–Kier alpha value is -1.56. The fourth-order valence-corrected chi connectivity index (χ4v) is 4.15. The van der Waals surface area contributed by atoms with Crippen molar-refractivity contribution in [2.75, 3.05) is 33.3 Å². The van der Waals surface area contributed by atoms with Crippen LogP contribution in [0.4, 0.5) is 0 Å². The molecule has 24 heavy (non-hydrogen) atoms. The number of carbonyl (C=O) groups is 1. The Balaban J connectivity index is 1.71. The van der Waals surface area contributed by atoms with Gasteiger partial charge in [0.1, 0.15) is 0 Å². The lowest BCUT2D eigenvalue weighted by Crippen LogP contribution is -2.43. The molecule has 1 amide bonds. The van der Waals surface area contributed by atoms with Gasteiger partial charge >= 0.3 is 0 Å². The summed E-state index contributed by atoms with van der Waals surface area (Å²) in [5, 5.41) is 4.51. The fraction of sp³-hybridized carbons (Fsp3) is 0.778. The van der Waals surface area contributed by atoms with Gasteiger partial charge in [-0.1, -0.05) is 6.92 Å². The summed E-state index contributed by atoms with van der Waals surface area (Å²) < 4.78 is 7.37. The summed E-state index contributed by atoms with van der Waals surface area (Å²) in [4.78, 5) is 17.1. The number of amides is 1. The quantitative estimate of drug-likeness (QED) is 0.846. The average molecular weight is 334 g/mol. The molecule has 2 fully saturated rings. The van der Waals surface area contributed by atoms with Crippen LogP contribution in [0.1, 0.15) is 49.9 Å². The molecule has 0 aliphatic carbocycles. The lowest BCUT2D eigenvalue weighted by molar-refractivity contribution is -0.134. The fourth-order valence-electron chi connectivity index (χ4n) is 4.15. The first kappa shape index (κ1) is 17.3. The van der Waals surface area contributed by atoms with Crippen molar-refractivity contribution in [2.24, 2.45) is 13.0 Å². The van der Waals surface area contributed by atoms with Crippen molar-refractivity contribution in [2.45, 2.75) is 45.6 Å². The van der Waals surface area contributed by atoms with Gasteiger partial charge < -0.3 is 9.64 Å². The van der Waals surface area contributed by atoms with Crippen molar-refractivity contribution in [1.82, 2.24) is 19.6 Å². The van der Waals surface area contributed by atoms with E-state index in [4.69, 9.17) is 4.74 Å². The molecule has 2 saturated heterocycles. The van der Waals surface area contributed by atoms with Crippen LogP contribution in [-0.2, 0) is 11.8 Å². The molecule has 3 heterocycles. The third-order valence-electron chi connectivity index (χ3n) is 5.58. The summed E-state index contributed by atoms with van der Waals surface area (Å²) in [5.74, 6) is 1.84. The number of ether oxygens (including phenoxy) is 1. The van der Waals surface area contributed by atoms with Crippen molar-refractivity contribution in [3.63, 3.8) is 0 Å². The van der Waals surface area contributed by atoms with E-state index in [0.717, 1.165) is 68.4 Å². The van der Waals surface area contributed by atoms with Crippen LogP contribution in [0.3, 0.4) is 0 Å². The second kappa shape index (κ2) is 7.13. The van der Waals surface area contributed by atoms with Gasteiger partial charge in [0.15, 0.2) is 0 Å². The minimum absolute atomic E-state index is 0.237. The smallest absolute Gasteiger partial charge is 0.236 e.